The Hall–Kier alpha value is -2.40. The van der Waals surface area contributed by atoms with E-state index >= 15 is 0 Å². The highest BCUT2D eigenvalue weighted by Gasteiger charge is 2.27. The van der Waals surface area contributed by atoms with Crippen LogP contribution in [0.4, 0.5) is 11.5 Å². The van der Waals surface area contributed by atoms with Gasteiger partial charge in [-0.15, -0.1) is 0 Å². The first kappa shape index (κ1) is 18.9. The van der Waals surface area contributed by atoms with Crippen LogP contribution in [0.5, 0.6) is 0 Å². The molecule has 3 heterocycles. The zero-order valence-corrected chi connectivity index (χ0v) is 16.9. The fourth-order valence-electron chi connectivity index (χ4n) is 4.41. The Labute approximate surface area is 167 Å². The van der Waals surface area contributed by atoms with Crippen molar-refractivity contribution >= 4 is 17.4 Å². The second kappa shape index (κ2) is 8.31. The number of hydrogen-bond donors (Lipinski definition) is 1. The standard InChI is InChI=1S/C23H30N4O/c1-17-7-6-13-26(16-17)18(2)15-25-22-20(9-5-12-24-22)23(28)27-14-11-19-8-3-4-10-21(19)27/h3-5,8-10,12,17-18H,6-7,11,13-16H2,1-2H3,(H,24,25). The summed E-state index contributed by atoms with van der Waals surface area (Å²) in [6.45, 7) is 8.42. The van der Waals surface area contributed by atoms with Crippen molar-refractivity contribution < 1.29 is 4.79 Å². The Kier molecular flexibility index (Phi) is 5.62. The monoisotopic (exact) mass is 378 g/mol. The number of amides is 1. The third-order valence-corrected chi connectivity index (χ3v) is 6.05. The number of fused-ring (bicyclic) bond motifs is 1. The average Bonchev–Trinajstić information content (AvgIpc) is 3.16. The van der Waals surface area contributed by atoms with Gasteiger partial charge in [0, 0.05) is 37.6 Å². The molecule has 5 nitrogen and oxygen atoms in total. The van der Waals surface area contributed by atoms with Crippen molar-refractivity contribution in [1.82, 2.24) is 9.88 Å². The molecule has 2 unspecified atom stereocenters. The SMILES string of the molecule is CC1CCCN(C(C)CNc2ncccc2C(=O)N2CCc3ccccc32)C1. The molecule has 2 aliphatic rings. The first-order valence-corrected chi connectivity index (χ1v) is 10.5. The van der Waals surface area contributed by atoms with Crippen LogP contribution in [0, 0.1) is 5.92 Å². The predicted molar refractivity (Wildman–Crippen MR) is 114 cm³/mol. The van der Waals surface area contributed by atoms with Crippen molar-refractivity contribution in [3.05, 3.63) is 53.7 Å². The Balaban J connectivity index is 1.46. The predicted octanol–water partition coefficient (Wildman–Crippen LogP) is 3.82. The van der Waals surface area contributed by atoms with Gasteiger partial charge in [0.05, 0.1) is 5.56 Å². The molecular weight excluding hydrogens is 348 g/mol. The Morgan fingerprint density at radius 2 is 2.11 bits per heavy atom. The number of likely N-dealkylation sites (tertiary alicyclic amines) is 1. The van der Waals surface area contributed by atoms with E-state index in [1.54, 1.807) is 6.20 Å². The summed E-state index contributed by atoms with van der Waals surface area (Å²) in [6.07, 6.45) is 5.26. The topological polar surface area (TPSA) is 48.5 Å². The number of rotatable bonds is 5. The van der Waals surface area contributed by atoms with Crippen LogP contribution in [-0.4, -0.2) is 48.0 Å². The number of anilines is 2. The fraction of sp³-hybridized carbons (Fsp3) is 0.478. The molecule has 1 fully saturated rings. The molecule has 4 rings (SSSR count). The van der Waals surface area contributed by atoms with Crippen molar-refractivity contribution in [3.63, 3.8) is 0 Å². The molecule has 0 saturated carbocycles. The van der Waals surface area contributed by atoms with E-state index in [1.807, 2.05) is 35.2 Å². The molecule has 148 valence electrons. The quantitative estimate of drug-likeness (QED) is 0.859. The number of benzene rings is 1. The van der Waals surface area contributed by atoms with Gasteiger partial charge in [0.25, 0.3) is 5.91 Å². The Bertz CT molecular complexity index is 837. The molecule has 2 aromatic rings. The summed E-state index contributed by atoms with van der Waals surface area (Å²) in [5.74, 6) is 1.48. The lowest BCUT2D eigenvalue weighted by molar-refractivity contribution is 0.0989. The summed E-state index contributed by atoms with van der Waals surface area (Å²) in [7, 11) is 0. The molecule has 1 aromatic carbocycles. The number of nitrogens with one attached hydrogen (secondary N) is 1. The van der Waals surface area contributed by atoms with E-state index in [0.717, 1.165) is 44.2 Å². The number of nitrogens with zero attached hydrogens (tertiary/aromatic N) is 3. The molecule has 0 spiro atoms. The third-order valence-electron chi connectivity index (χ3n) is 6.05. The van der Waals surface area contributed by atoms with Crippen LogP contribution >= 0.6 is 0 Å². The van der Waals surface area contributed by atoms with Crippen LogP contribution < -0.4 is 10.2 Å². The van der Waals surface area contributed by atoms with Crippen LogP contribution in [0.15, 0.2) is 42.6 Å². The van der Waals surface area contributed by atoms with E-state index < -0.39 is 0 Å². The van der Waals surface area contributed by atoms with Crippen LogP contribution in [0.25, 0.3) is 0 Å². The first-order valence-electron chi connectivity index (χ1n) is 10.5. The molecule has 1 N–H and O–H groups in total. The Morgan fingerprint density at radius 3 is 2.96 bits per heavy atom. The number of pyridine rings is 1. The van der Waals surface area contributed by atoms with Crippen molar-refractivity contribution in [1.29, 1.82) is 0 Å². The van der Waals surface area contributed by atoms with E-state index in [2.05, 4.69) is 35.1 Å². The van der Waals surface area contributed by atoms with E-state index in [9.17, 15) is 4.79 Å². The van der Waals surface area contributed by atoms with Gasteiger partial charge >= 0.3 is 0 Å². The molecule has 1 aromatic heterocycles. The summed E-state index contributed by atoms with van der Waals surface area (Å²) >= 11 is 0. The fourth-order valence-corrected chi connectivity index (χ4v) is 4.41. The molecular formula is C23H30N4O. The molecule has 1 saturated heterocycles. The highest BCUT2D eigenvalue weighted by atomic mass is 16.2. The van der Waals surface area contributed by atoms with Crippen LogP contribution in [0.3, 0.4) is 0 Å². The molecule has 0 radical (unpaired) electrons. The van der Waals surface area contributed by atoms with Gasteiger partial charge in [-0.2, -0.15) is 0 Å². The molecule has 0 bridgehead atoms. The maximum absolute atomic E-state index is 13.3. The highest BCUT2D eigenvalue weighted by Crippen LogP contribution is 2.30. The minimum atomic E-state index is 0.0276. The summed E-state index contributed by atoms with van der Waals surface area (Å²) in [6, 6.07) is 12.3. The second-order valence-electron chi connectivity index (χ2n) is 8.21. The van der Waals surface area contributed by atoms with Crippen LogP contribution in [-0.2, 0) is 6.42 Å². The van der Waals surface area contributed by atoms with E-state index in [-0.39, 0.29) is 5.91 Å². The van der Waals surface area contributed by atoms with Crippen molar-refractivity contribution in [2.75, 3.05) is 36.4 Å². The zero-order chi connectivity index (χ0) is 19.5. The third kappa shape index (κ3) is 3.90. The van der Waals surface area contributed by atoms with Crippen LogP contribution in [0.1, 0.15) is 42.6 Å². The Morgan fingerprint density at radius 1 is 1.25 bits per heavy atom. The van der Waals surface area contributed by atoms with E-state index in [1.165, 1.54) is 18.4 Å². The van der Waals surface area contributed by atoms with Crippen LogP contribution in [0.2, 0.25) is 0 Å². The average molecular weight is 379 g/mol. The molecule has 5 heteroatoms. The van der Waals surface area contributed by atoms with Gasteiger partial charge < -0.3 is 10.2 Å². The smallest absolute Gasteiger partial charge is 0.262 e. The number of hydrogen-bond acceptors (Lipinski definition) is 4. The summed E-state index contributed by atoms with van der Waals surface area (Å²) in [4.78, 5) is 22.2. The molecule has 2 atom stereocenters. The summed E-state index contributed by atoms with van der Waals surface area (Å²) in [5, 5.41) is 3.45. The van der Waals surface area contributed by atoms with Gasteiger partial charge in [0.15, 0.2) is 0 Å². The van der Waals surface area contributed by atoms with Gasteiger partial charge in [0.1, 0.15) is 5.82 Å². The van der Waals surface area contributed by atoms with Gasteiger partial charge in [-0.1, -0.05) is 25.1 Å². The highest BCUT2D eigenvalue weighted by molar-refractivity contribution is 6.10. The maximum atomic E-state index is 13.3. The minimum absolute atomic E-state index is 0.0276. The van der Waals surface area contributed by atoms with Crippen molar-refractivity contribution in [2.24, 2.45) is 5.92 Å². The van der Waals surface area contributed by atoms with E-state index in [4.69, 9.17) is 0 Å². The largest absolute Gasteiger partial charge is 0.368 e. The lowest BCUT2D eigenvalue weighted by Gasteiger charge is -2.35. The van der Waals surface area contributed by atoms with Gasteiger partial charge in [0.2, 0.25) is 0 Å². The van der Waals surface area contributed by atoms with Crippen molar-refractivity contribution in [3.8, 4) is 0 Å². The number of para-hydroxylation sites is 1. The molecule has 1 amide bonds. The number of carbonyl (C=O) groups is 1. The maximum Gasteiger partial charge on any atom is 0.262 e. The summed E-state index contributed by atoms with van der Waals surface area (Å²) < 4.78 is 0. The minimum Gasteiger partial charge on any atom is -0.368 e. The van der Waals surface area contributed by atoms with Gasteiger partial charge in [-0.05, 0) is 62.4 Å². The zero-order valence-electron chi connectivity index (χ0n) is 16.9. The number of carbonyl (C=O) groups excluding carboxylic acids is 1. The van der Waals surface area contributed by atoms with Crippen molar-refractivity contribution in [2.45, 2.75) is 39.2 Å². The molecule has 28 heavy (non-hydrogen) atoms. The molecule has 0 aliphatic carbocycles. The lowest BCUT2D eigenvalue weighted by Crippen LogP contribution is -2.44. The second-order valence-corrected chi connectivity index (χ2v) is 8.21. The lowest BCUT2D eigenvalue weighted by atomic mass is 9.99. The first-order chi connectivity index (χ1) is 13.6. The number of aromatic nitrogens is 1. The number of piperidine rings is 1. The van der Waals surface area contributed by atoms with E-state index in [0.29, 0.717) is 17.4 Å². The molecule has 2 aliphatic heterocycles. The van der Waals surface area contributed by atoms with Gasteiger partial charge in [-0.3, -0.25) is 9.69 Å². The summed E-state index contributed by atoms with van der Waals surface area (Å²) in [5.41, 5.74) is 2.92. The normalized spacial score (nSPS) is 20.6. The van der Waals surface area contributed by atoms with Gasteiger partial charge in [-0.25, -0.2) is 4.98 Å².